The second-order valence-corrected chi connectivity index (χ2v) is 24.4. The molecule has 0 amide bonds. The van der Waals surface area contributed by atoms with Gasteiger partial charge in [-0.05, 0) is 0 Å². The van der Waals surface area contributed by atoms with Gasteiger partial charge in [0.05, 0.1) is 0 Å². The molecule has 4 rings (SSSR count). The minimum atomic E-state index is -2.79. The molecule has 0 radical (unpaired) electrons. The standard InChI is InChI=1S/C21H18N.3C4H9.Sn/c1-4-10-17(11-5-1)16-22-20(18-12-6-2-7-13-18)21(22)19-14-8-3-9-15-19;3*1-3-4-2;/h1-15,20H,16H2;3*1,3-4H2,2H3;/t20-,22?;;;;/m0..../s1. The molecule has 1 aliphatic rings. The fourth-order valence-corrected chi connectivity index (χ4v) is 28.0. The van der Waals surface area contributed by atoms with E-state index in [1.54, 1.807) is 5.56 Å². The van der Waals surface area contributed by atoms with E-state index in [9.17, 15) is 0 Å². The summed E-state index contributed by atoms with van der Waals surface area (Å²) in [4.78, 5) is 2.96. The van der Waals surface area contributed by atoms with Crippen molar-refractivity contribution in [2.75, 3.05) is 0 Å². The molecule has 1 heterocycles. The van der Waals surface area contributed by atoms with Crippen LogP contribution in [-0.4, -0.2) is 23.3 Å². The topological polar surface area (TPSA) is 3.01 Å². The molecule has 1 aliphatic heterocycles. The summed E-state index contributed by atoms with van der Waals surface area (Å²) < 4.78 is 4.81. The van der Waals surface area contributed by atoms with Gasteiger partial charge in [0.2, 0.25) is 0 Å². The Morgan fingerprint density at radius 3 is 1.57 bits per heavy atom. The first-order valence-electron chi connectivity index (χ1n) is 14.1. The molecule has 1 unspecified atom stereocenters. The van der Waals surface area contributed by atoms with Crippen molar-refractivity contribution in [1.29, 1.82) is 0 Å². The van der Waals surface area contributed by atoms with Crippen molar-refractivity contribution in [3.63, 3.8) is 0 Å². The summed E-state index contributed by atoms with van der Waals surface area (Å²) in [7, 11) is 0. The van der Waals surface area contributed by atoms with E-state index in [2.05, 4.69) is 117 Å². The van der Waals surface area contributed by atoms with Crippen LogP contribution in [-0.2, 0) is 10.1 Å². The molecule has 1 nitrogen and oxygen atoms in total. The molecular weight excluding hydrogens is 529 g/mol. The molecule has 3 aromatic carbocycles. The van der Waals surface area contributed by atoms with Crippen molar-refractivity contribution in [2.24, 2.45) is 0 Å². The van der Waals surface area contributed by atoms with Gasteiger partial charge in [-0.25, -0.2) is 0 Å². The van der Waals surface area contributed by atoms with E-state index in [0.29, 0.717) is 6.04 Å². The van der Waals surface area contributed by atoms with E-state index >= 15 is 0 Å². The molecule has 3 aromatic rings. The summed E-state index contributed by atoms with van der Waals surface area (Å²) >= 11 is -2.79. The Morgan fingerprint density at radius 1 is 0.629 bits per heavy atom. The number of benzene rings is 3. The number of unbranched alkanes of at least 4 members (excludes halogenated alkanes) is 3. The van der Waals surface area contributed by atoms with Crippen LogP contribution < -0.4 is 0 Å². The number of hydrogen-bond donors (Lipinski definition) is 0. The van der Waals surface area contributed by atoms with Crippen molar-refractivity contribution in [3.05, 3.63) is 108 Å². The van der Waals surface area contributed by atoms with Crippen molar-refractivity contribution < 1.29 is 0 Å². The van der Waals surface area contributed by atoms with Crippen LogP contribution in [0.25, 0.3) is 0 Å². The van der Waals surface area contributed by atoms with Crippen LogP contribution in [0, 0.1) is 0 Å². The van der Waals surface area contributed by atoms with Crippen LogP contribution in [0.15, 0.2) is 91.0 Å². The van der Waals surface area contributed by atoms with Crippen LogP contribution in [0.2, 0.25) is 13.3 Å². The van der Waals surface area contributed by atoms with Gasteiger partial charge in [-0.1, -0.05) is 0 Å². The van der Waals surface area contributed by atoms with Crippen molar-refractivity contribution in [3.8, 4) is 0 Å². The zero-order chi connectivity index (χ0) is 24.6. The number of hydrogen-bond acceptors (Lipinski definition) is 1. The molecular formula is C33H45NSn. The summed E-state index contributed by atoms with van der Waals surface area (Å²) in [5, 5.41) is 0. The fourth-order valence-electron chi connectivity index (χ4n) is 6.81. The third-order valence-electron chi connectivity index (χ3n) is 8.45. The van der Waals surface area contributed by atoms with E-state index < -0.39 is 18.4 Å². The Labute approximate surface area is 218 Å². The molecule has 0 aliphatic carbocycles. The van der Waals surface area contributed by atoms with E-state index in [-0.39, 0.29) is 3.55 Å². The van der Waals surface area contributed by atoms with Crippen LogP contribution >= 0.6 is 0 Å². The molecule has 0 aromatic heterocycles. The molecule has 186 valence electrons. The second kappa shape index (κ2) is 12.6. The number of rotatable bonds is 14. The Balaban J connectivity index is 1.92. The Kier molecular flexibility index (Phi) is 9.52. The van der Waals surface area contributed by atoms with Gasteiger partial charge in [0.15, 0.2) is 0 Å². The first-order chi connectivity index (χ1) is 17.2. The molecule has 0 saturated carbocycles. The van der Waals surface area contributed by atoms with E-state index in [4.69, 9.17) is 0 Å². The maximum absolute atomic E-state index is 2.96. The van der Waals surface area contributed by atoms with Gasteiger partial charge < -0.3 is 0 Å². The van der Waals surface area contributed by atoms with Crippen LogP contribution in [0.1, 0.15) is 82.0 Å². The minimum absolute atomic E-state index is 0.243. The molecule has 35 heavy (non-hydrogen) atoms. The average molecular weight is 574 g/mol. The summed E-state index contributed by atoms with van der Waals surface area (Å²) in [6, 6.07) is 35.0. The third-order valence-corrected chi connectivity index (χ3v) is 26.7. The predicted octanol–water partition coefficient (Wildman–Crippen LogP) is 9.53. The predicted molar refractivity (Wildman–Crippen MR) is 154 cm³/mol. The molecule has 2 heteroatoms. The molecule has 1 saturated heterocycles. The van der Waals surface area contributed by atoms with Gasteiger partial charge >= 0.3 is 220 Å². The van der Waals surface area contributed by atoms with E-state index in [1.807, 2.05) is 0 Å². The average Bonchev–Trinajstić information content (AvgIpc) is 3.59. The van der Waals surface area contributed by atoms with E-state index in [0.717, 1.165) is 6.54 Å². The quantitative estimate of drug-likeness (QED) is 0.137. The van der Waals surface area contributed by atoms with Gasteiger partial charge in [-0.2, -0.15) is 0 Å². The summed E-state index contributed by atoms with van der Waals surface area (Å²) in [6.07, 6.45) is 8.15. The van der Waals surface area contributed by atoms with Gasteiger partial charge in [-0.15, -0.1) is 0 Å². The zero-order valence-electron chi connectivity index (χ0n) is 22.3. The first-order valence-corrected chi connectivity index (χ1v) is 21.6. The molecule has 1 fully saturated rings. The number of nitrogens with zero attached hydrogens (tertiary/aromatic N) is 1. The van der Waals surface area contributed by atoms with Gasteiger partial charge in [0.25, 0.3) is 0 Å². The van der Waals surface area contributed by atoms with Crippen LogP contribution in [0.5, 0.6) is 0 Å². The van der Waals surface area contributed by atoms with Crippen LogP contribution in [0.3, 0.4) is 0 Å². The van der Waals surface area contributed by atoms with E-state index in [1.165, 1.54) is 63.0 Å². The molecule has 0 bridgehead atoms. The molecule has 0 spiro atoms. The van der Waals surface area contributed by atoms with Crippen molar-refractivity contribution in [1.82, 2.24) is 4.90 Å². The van der Waals surface area contributed by atoms with Crippen molar-refractivity contribution in [2.45, 2.75) is 88.7 Å². The zero-order valence-corrected chi connectivity index (χ0v) is 25.1. The Hall–Kier alpha value is -1.58. The van der Waals surface area contributed by atoms with Crippen LogP contribution in [0.4, 0.5) is 0 Å². The summed E-state index contributed by atoms with van der Waals surface area (Å²) in [5.41, 5.74) is 4.59. The normalized spacial score (nSPS) is 21.7. The maximum atomic E-state index is 2.96. The fraction of sp³-hybridized carbons (Fsp3) is 0.455. The van der Waals surface area contributed by atoms with Crippen molar-refractivity contribution >= 4 is 18.4 Å². The SMILES string of the molecule is CCC[CH2][Sn]([CH2]CCC)([CH2]CCC)[C@@]1(c2ccccc2)[C@H](c2ccccc2)N1Cc1ccccc1. The molecule has 3 atom stereocenters. The van der Waals surface area contributed by atoms with Gasteiger partial charge in [0, 0.05) is 0 Å². The summed E-state index contributed by atoms with van der Waals surface area (Å²) in [5.74, 6) is 0. The monoisotopic (exact) mass is 575 g/mol. The third kappa shape index (κ3) is 5.42. The Bertz CT molecular complexity index is 981. The van der Waals surface area contributed by atoms with Gasteiger partial charge in [-0.3, -0.25) is 0 Å². The first kappa shape index (κ1) is 26.5. The second-order valence-electron chi connectivity index (χ2n) is 10.7. The Morgan fingerprint density at radius 2 is 1.09 bits per heavy atom. The summed E-state index contributed by atoms with van der Waals surface area (Å²) in [6.45, 7) is 8.25. The van der Waals surface area contributed by atoms with Gasteiger partial charge in [0.1, 0.15) is 0 Å². The molecule has 0 N–H and O–H groups in total.